The number of esters is 1. The van der Waals surface area contributed by atoms with Gasteiger partial charge in [-0.25, -0.2) is 0 Å². The lowest BCUT2D eigenvalue weighted by atomic mass is 9.93. The molecule has 0 bridgehead atoms. The zero-order valence-corrected chi connectivity index (χ0v) is 11.2. The van der Waals surface area contributed by atoms with Crippen LogP contribution >= 0.6 is 0 Å². The molecule has 0 radical (unpaired) electrons. The smallest absolute Gasteiger partial charge is 0.308 e. The molecule has 0 aromatic heterocycles. The van der Waals surface area contributed by atoms with Crippen LogP contribution in [0.1, 0.15) is 25.7 Å². The number of likely N-dealkylation sites (tertiary alicyclic amines) is 1. The molecule has 0 aliphatic carbocycles. The van der Waals surface area contributed by atoms with Crippen molar-refractivity contribution in [1.29, 1.82) is 0 Å². The van der Waals surface area contributed by atoms with Gasteiger partial charge in [0.25, 0.3) is 0 Å². The fourth-order valence-corrected chi connectivity index (χ4v) is 2.70. The number of hydrogen-bond donors (Lipinski definition) is 1. The standard InChI is InChI=1S/C13H20N2O4/c1-19-13(18)9-4-6-15(7-5-9)12(17)10-2-3-11(16)14-8-10/h9-10H,2-8H2,1H3,(H,14,16). The van der Waals surface area contributed by atoms with E-state index in [1.807, 2.05) is 4.90 Å². The first-order valence-corrected chi connectivity index (χ1v) is 6.75. The molecule has 2 aliphatic rings. The molecule has 0 saturated carbocycles. The zero-order valence-electron chi connectivity index (χ0n) is 11.2. The van der Waals surface area contributed by atoms with E-state index in [-0.39, 0.29) is 29.6 Å². The SMILES string of the molecule is COC(=O)C1CCN(C(=O)C2CCC(=O)NC2)CC1. The van der Waals surface area contributed by atoms with Crippen molar-refractivity contribution in [2.24, 2.45) is 11.8 Å². The summed E-state index contributed by atoms with van der Waals surface area (Å²) in [6.45, 7) is 1.64. The molecule has 106 valence electrons. The van der Waals surface area contributed by atoms with Gasteiger partial charge in [0.1, 0.15) is 0 Å². The van der Waals surface area contributed by atoms with Gasteiger partial charge in [-0.3, -0.25) is 14.4 Å². The first-order chi connectivity index (χ1) is 9.11. The highest BCUT2D eigenvalue weighted by Crippen LogP contribution is 2.22. The van der Waals surface area contributed by atoms with E-state index >= 15 is 0 Å². The van der Waals surface area contributed by atoms with Gasteiger partial charge in [-0.2, -0.15) is 0 Å². The van der Waals surface area contributed by atoms with E-state index in [9.17, 15) is 14.4 Å². The quantitative estimate of drug-likeness (QED) is 0.711. The molecule has 0 spiro atoms. The van der Waals surface area contributed by atoms with Crippen LogP contribution in [-0.2, 0) is 19.1 Å². The lowest BCUT2D eigenvalue weighted by molar-refractivity contribution is -0.150. The maximum atomic E-state index is 12.3. The van der Waals surface area contributed by atoms with E-state index in [1.54, 1.807) is 0 Å². The van der Waals surface area contributed by atoms with Crippen molar-refractivity contribution >= 4 is 17.8 Å². The van der Waals surface area contributed by atoms with Crippen molar-refractivity contribution in [3.8, 4) is 0 Å². The minimum Gasteiger partial charge on any atom is -0.469 e. The van der Waals surface area contributed by atoms with Gasteiger partial charge in [0.05, 0.1) is 18.9 Å². The Bertz CT molecular complexity index is 365. The number of rotatable bonds is 2. The second-order valence-corrected chi connectivity index (χ2v) is 5.16. The fourth-order valence-electron chi connectivity index (χ4n) is 2.70. The predicted molar refractivity (Wildman–Crippen MR) is 67.1 cm³/mol. The first kappa shape index (κ1) is 13.8. The van der Waals surface area contributed by atoms with Crippen molar-refractivity contribution in [1.82, 2.24) is 10.2 Å². The monoisotopic (exact) mass is 268 g/mol. The minimum absolute atomic E-state index is 0.0217. The lowest BCUT2D eigenvalue weighted by Gasteiger charge is -2.34. The zero-order chi connectivity index (χ0) is 13.8. The van der Waals surface area contributed by atoms with Gasteiger partial charge in [-0.15, -0.1) is 0 Å². The molecule has 0 aromatic carbocycles. The maximum absolute atomic E-state index is 12.3. The average molecular weight is 268 g/mol. The Morgan fingerprint density at radius 1 is 1.21 bits per heavy atom. The van der Waals surface area contributed by atoms with Gasteiger partial charge in [-0.1, -0.05) is 0 Å². The summed E-state index contributed by atoms with van der Waals surface area (Å²) in [6, 6.07) is 0. The molecule has 2 rings (SSSR count). The Labute approximate surface area is 112 Å². The summed E-state index contributed by atoms with van der Waals surface area (Å²) < 4.78 is 4.72. The minimum atomic E-state index is -0.183. The molecule has 2 heterocycles. The molecule has 2 aliphatic heterocycles. The van der Waals surface area contributed by atoms with E-state index in [4.69, 9.17) is 4.74 Å². The Balaban J connectivity index is 1.82. The van der Waals surface area contributed by atoms with Crippen molar-refractivity contribution < 1.29 is 19.1 Å². The highest BCUT2D eigenvalue weighted by molar-refractivity contribution is 5.84. The van der Waals surface area contributed by atoms with E-state index in [0.717, 1.165) is 0 Å². The maximum Gasteiger partial charge on any atom is 0.308 e. The van der Waals surface area contributed by atoms with Gasteiger partial charge in [0.2, 0.25) is 11.8 Å². The molecule has 0 aromatic rings. The van der Waals surface area contributed by atoms with Crippen LogP contribution in [0.5, 0.6) is 0 Å². The summed E-state index contributed by atoms with van der Waals surface area (Å²) in [5.41, 5.74) is 0. The lowest BCUT2D eigenvalue weighted by Crippen LogP contribution is -2.48. The number of ether oxygens (including phenoxy) is 1. The van der Waals surface area contributed by atoms with Crippen LogP contribution in [0.15, 0.2) is 0 Å². The third kappa shape index (κ3) is 3.24. The Morgan fingerprint density at radius 3 is 2.42 bits per heavy atom. The third-order valence-corrected chi connectivity index (χ3v) is 3.96. The molecule has 1 unspecified atom stereocenters. The summed E-state index contributed by atoms with van der Waals surface area (Å²) in [6.07, 6.45) is 2.38. The highest BCUT2D eigenvalue weighted by Gasteiger charge is 2.32. The summed E-state index contributed by atoms with van der Waals surface area (Å²) in [5.74, 6) is -0.249. The van der Waals surface area contributed by atoms with E-state index in [0.29, 0.717) is 45.3 Å². The van der Waals surface area contributed by atoms with Crippen molar-refractivity contribution in [2.45, 2.75) is 25.7 Å². The number of nitrogens with one attached hydrogen (secondary N) is 1. The topological polar surface area (TPSA) is 75.7 Å². The van der Waals surface area contributed by atoms with Crippen LogP contribution in [0.25, 0.3) is 0 Å². The molecule has 6 nitrogen and oxygen atoms in total. The molecular formula is C13H20N2O4. The van der Waals surface area contributed by atoms with Gasteiger partial charge in [0.15, 0.2) is 0 Å². The Kier molecular flexibility index (Phi) is 4.39. The normalized spacial score (nSPS) is 24.8. The van der Waals surface area contributed by atoms with Gasteiger partial charge >= 0.3 is 5.97 Å². The molecule has 1 N–H and O–H groups in total. The van der Waals surface area contributed by atoms with Crippen molar-refractivity contribution in [2.75, 3.05) is 26.7 Å². The highest BCUT2D eigenvalue weighted by atomic mass is 16.5. The van der Waals surface area contributed by atoms with Gasteiger partial charge in [-0.05, 0) is 19.3 Å². The summed E-state index contributed by atoms with van der Waals surface area (Å²) in [7, 11) is 1.39. The van der Waals surface area contributed by atoms with Crippen LogP contribution < -0.4 is 5.32 Å². The average Bonchev–Trinajstić information content (AvgIpc) is 2.46. The summed E-state index contributed by atoms with van der Waals surface area (Å²) >= 11 is 0. The number of amides is 2. The number of carbonyl (C=O) groups is 3. The molecule has 6 heteroatoms. The van der Waals surface area contributed by atoms with Crippen molar-refractivity contribution in [3.63, 3.8) is 0 Å². The van der Waals surface area contributed by atoms with E-state index in [2.05, 4.69) is 5.32 Å². The van der Waals surface area contributed by atoms with Crippen LogP contribution in [-0.4, -0.2) is 49.4 Å². The molecule has 2 amide bonds. The first-order valence-electron chi connectivity index (χ1n) is 6.75. The van der Waals surface area contributed by atoms with Gasteiger partial charge < -0.3 is 15.0 Å². The van der Waals surface area contributed by atoms with E-state index < -0.39 is 0 Å². The summed E-state index contributed by atoms with van der Waals surface area (Å²) in [4.78, 5) is 36.6. The summed E-state index contributed by atoms with van der Waals surface area (Å²) in [5, 5.41) is 2.73. The number of methoxy groups -OCH3 is 1. The number of hydrogen-bond acceptors (Lipinski definition) is 4. The molecular weight excluding hydrogens is 248 g/mol. The molecule has 19 heavy (non-hydrogen) atoms. The Hall–Kier alpha value is -1.59. The van der Waals surface area contributed by atoms with E-state index in [1.165, 1.54) is 7.11 Å². The van der Waals surface area contributed by atoms with Crippen LogP contribution in [0.2, 0.25) is 0 Å². The number of piperidine rings is 2. The largest absolute Gasteiger partial charge is 0.469 e. The molecule has 2 saturated heterocycles. The van der Waals surface area contributed by atoms with Crippen LogP contribution in [0, 0.1) is 11.8 Å². The predicted octanol–water partition coefficient (Wildman–Crippen LogP) is -0.0758. The van der Waals surface area contributed by atoms with Crippen molar-refractivity contribution in [3.05, 3.63) is 0 Å². The number of carbonyl (C=O) groups excluding carboxylic acids is 3. The van der Waals surface area contributed by atoms with Crippen LogP contribution in [0.4, 0.5) is 0 Å². The Morgan fingerprint density at radius 2 is 1.89 bits per heavy atom. The fraction of sp³-hybridized carbons (Fsp3) is 0.769. The number of nitrogens with zero attached hydrogens (tertiary/aromatic N) is 1. The second-order valence-electron chi connectivity index (χ2n) is 5.16. The molecule has 2 fully saturated rings. The molecule has 1 atom stereocenters. The van der Waals surface area contributed by atoms with Crippen LogP contribution in [0.3, 0.4) is 0 Å². The van der Waals surface area contributed by atoms with Gasteiger partial charge in [0, 0.05) is 26.1 Å². The third-order valence-electron chi connectivity index (χ3n) is 3.96. The second kappa shape index (κ2) is 6.04.